The van der Waals surface area contributed by atoms with E-state index in [4.69, 9.17) is 15.0 Å². The van der Waals surface area contributed by atoms with E-state index < -0.39 is 12.6 Å². The maximum absolute atomic E-state index is 11.2. The first kappa shape index (κ1) is 12.5. The molecule has 0 aromatic rings. The van der Waals surface area contributed by atoms with Crippen molar-refractivity contribution in [3.05, 3.63) is 11.6 Å². The normalized spacial score (nSPS) is 8.09. The van der Waals surface area contributed by atoms with Gasteiger partial charge in [0, 0.05) is 0 Å². The Morgan fingerprint density at radius 2 is 1.64 bits per heavy atom. The molecule has 0 aromatic heterocycles. The predicted molar refractivity (Wildman–Crippen MR) is 36.1 cm³/mol. The quantitative estimate of drug-likeness (QED) is 0.591. The van der Waals surface area contributed by atoms with Crippen LogP contribution in [0.25, 0.3) is 0 Å². The molecule has 3 nitrogen and oxygen atoms in total. The molecule has 11 heavy (non-hydrogen) atoms. The predicted octanol–water partition coefficient (Wildman–Crippen LogP) is 2.44. The largest absolute Gasteiger partial charge is 0.503 e. The van der Waals surface area contributed by atoms with Crippen LogP contribution in [0.3, 0.4) is 0 Å². The topological polar surface area (TPSA) is 57.5 Å². The molecule has 0 aliphatic rings. The first-order chi connectivity index (χ1) is 4.86. The van der Waals surface area contributed by atoms with Crippen molar-refractivity contribution in [2.24, 2.45) is 0 Å². The van der Waals surface area contributed by atoms with Crippen LogP contribution in [-0.2, 0) is 0 Å². The Bertz CT molecular complexity index is 135. The van der Waals surface area contributed by atoms with Crippen LogP contribution in [0.2, 0.25) is 0 Å². The molecule has 0 amide bonds. The van der Waals surface area contributed by atoms with Gasteiger partial charge >= 0.3 is 6.16 Å². The summed E-state index contributed by atoms with van der Waals surface area (Å²) in [6.45, 7) is 3.29. The lowest BCUT2D eigenvalue weighted by atomic mass is 10.3. The van der Waals surface area contributed by atoms with Gasteiger partial charge in [0.1, 0.15) is 0 Å². The number of carbonyl (C=O) groups is 1. The van der Waals surface area contributed by atoms with Crippen LogP contribution in [0.4, 0.5) is 13.6 Å². The van der Waals surface area contributed by atoms with E-state index in [2.05, 4.69) is 0 Å². The minimum atomic E-state index is -2.29. The van der Waals surface area contributed by atoms with E-state index in [0.717, 1.165) is 6.08 Å². The molecule has 0 fully saturated rings. The van der Waals surface area contributed by atoms with Crippen LogP contribution in [-0.4, -0.2) is 22.8 Å². The van der Waals surface area contributed by atoms with E-state index in [-0.39, 0.29) is 0 Å². The summed E-state index contributed by atoms with van der Waals surface area (Å²) in [7, 11) is 0. The van der Waals surface area contributed by atoms with Crippen molar-refractivity contribution in [3.63, 3.8) is 0 Å². The highest BCUT2D eigenvalue weighted by atomic mass is 19.3. The van der Waals surface area contributed by atoms with Gasteiger partial charge in [0.2, 0.25) is 0 Å². The summed E-state index contributed by atoms with van der Waals surface area (Å²) in [5, 5.41) is 13.9. The van der Waals surface area contributed by atoms with Crippen molar-refractivity contribution in [2.45, 2.75) is 20.3 Å². The molecule has 0 radical (unpaired) electrons. The van der Waals surface area contributed by atoms with E-state index in [1.165, 1.54) is 0 Å². The summed E-state index contributed by atoms with van der Waals surface area (Å²) in [6.07, 6.45) is -3.20. The van der Waals surface area contributed by atoms with Gasteiger partial charge in [-0.1, -0.05) is 5.57 Å². The average molecular weight is 168 g/mol. The molecular weight excluding hydrogens is 158 g/mol. The first-order valence-corrected chi connectivity index (χ1v) is 2.71. The minimum absolute atomic E-state index is 0.662. The smallest absolute Gasteiger partial charge is 0.450 e. The summed E-state index contributed by atoms with van der Waals surface area (Å²) in [5.74, 6) is 0. The molecule has 0 aromatic carbocycles. The zero-order valence-corrected chi connectivity index (χ0v) is 6.21. The molecule has 2 N–H and O–H groups in total. The summed E-state index contributed by atoms with van der Waals surface area (Å²) < 4.78 is 22.4. The Morgan fingerprint density at radius 1 is 1.36 bits per heavy atom. The van der Waals surface area contributed by atoms with Gasteiger partial charge in [-0.2, -0.15) is 0 Å². The molecule has 0 heterocycles. The maximum atomic E-state index is 11.2. The third kappa shape index (κ3) is 50.8. The third-order valence-corrected chi connectivity index (χ3v) is 0.459. The Labute approximate surface area is 63.0 Å². The number of allylic oxidation sites excluding steroid dienone is 2. The highest BCUT2D eigenvalue weighted by Gasteiger charge is 1.91. The Morgan fingerprint density at radius 3 is 1.64 bits per heavy atom. The number of hydrogen-bond donors (Lipinski definition) is 2. The molecule has 0 atom stereocenters. The second kappa shape index (κ2) is 6.98. The standard InChI is InChI=1S/C5H8F2.CH2O3/c1-4(2)3-5(6)7;2-1(3)4/h3,5H,1-2H3;(H2,2,3,4). The molecule has 0 aliphatic carbocycles. The van der Waals surface area contributed by atoms with Gasteiger partial charge in [-0.15, -0.1) is 0 Å². The Kier molecular flexibility index (Phi) is 7.96. The molecule has 0 unspecified atom stereocenters. The molecule has 66 valence electrons. The van der Waals surface area contributed by atoms with Gasteiger partial charge in [0.15, 0.2) is 0 Å². The van der Waals surface area contributed by atoms with Crippen LogP contribution in [0, 0.1) is 0 Å². The summed E-state index contributed by atoms with van der Waals surface area (Å²) >= 11 is 0. The molecule has 0 rings (SSSR count). The highest BCUT2D eigenvalue weighted by Crippen LogP contribution is 1.98. The molecule has 0 aliphatic heterocycles. The second-order valence-corrected chi connectivity index (χ2v) is 1.86. The third-order valence-electron chi connectivity index (χ3n) is 0.459. The molecule has 5 heteroatoms. The summed E-state index contributed by atoms with van der Waals surface area (Å²) in [5.41, 5.74) is 0.662. The van der Waals surface area contributed by atoms with Crippen LogP contribution in [0.1, 0.15) is 13.8 Å². The minimum Gasteiger partial charge on any atom is -0.450 e. The number of alkyl halides is 2. The second-order valence-electron chi connectivity index (χ2n) is 1.86. The zero-order chi connectivity index (χ0) is 9.44. The number of hydrogen-bond acceptors (Lipinski definition) is 1. The Hall–Kier alpha value is -1.13. The monoisotopic (exact) mass is 168 g/mol. The van der Waals surface area contributed by atoms with Crippen molar-refractivity contribution in [1.82, 2.24) is 0 Å². The van der Waals surface area contributed by atoms with Crippen molar-refractivity contribution < 1.29 is 23.8 Å². The first-order valence-electron chi connectivity index (χ1n) is 2.71. The van der Waals surface area contributed by atoms with Crippen molar-refractivity contribution in [1.29, 1.82) is 0 Å². The maximum Gasteiger partial charge on any atom is 0.503 e. The lowest BCUT2D eigenvalue weighted by Gasteiger charge is -1.86. The number of rotatable bonds is 1. The molecular formula is C6H10F2O3. The summed E-state index contributed by atoms with van der Waals surface area (Å²) in [4.78, 5) is 8.56. The summed E-state index contributed by atoms with van der Waals surface area (Å²) in [6, 6.07) is 0. The van der Waals surface area contributed by atoms with Gasteiger partial charge in [0.05, 0.1) is 0 Å². The van der Waals surface area contributed by atoms with E-state index >= 15 is 0 Å². The van der Waals surface area contributed by atoms with Crippen molar-refractivity contribution >= 4 is 6.16 Å². The fourth-order valence-corrected chi connectivity index (χ4v) is 0.252. The molecule has 0 saturated carbocycles. The van der Waals surface area contributed by atoms with Gasteiger partial charge in [-0.3, -0.25) is 0 Å². The van der Waals surface area contributed by atoms with Crippen molar-refractivity contribution in [3.8, 4) is 0 Å². The lowest BCUT2D eigenvalue weighted by molar-refractivity contribution is 0.137. The molecule has 0 bridgehead atoms. The van der Waals surface area contributed by atoms with Crippen molar-refractivity contribution in [2.75, 3.05) is 0 Å². The fraction of sp³-hybridized carbons (Fsp3) is 0.500. The van der Waals surface area contributed by atoms with Gasteiger partial charge in [-0.25, -0.2) is 13.6 Å². The van der Waals surface area contributed by atoms with Gasteiger partial charge in [0.25, 0.3) is 6.43 Å². The van der Waals surface area contributed by atoms with E-state index in [1.807, 2.05) is 0 Å². The van der Waals surface area contributed by atoms with Crippen LogP contribution in [0.15, 0.2) is 11.6 Å². The molecule has 0 spiro atoms. The van der Waals surface area contributed by atoms with E-state index in [1.54, 1.807) is 13.8 Å². The highest BCUT2D eigenvalue weighted by molar-refractivity contribution is 5.53. The number of carboxylic acid groups (broad SMARTS) is 2. The van der Waals surface area contributed by atoms with Gasteiger partial charge in [-0.05, 0) is 19.9 Å². The SMILES string of the molecule is CC(C)=CC(F)F.O=C(O)O. The van der Waals surface area contributed by atoms with E-state index in [0.29, 0.717) is 5.57 Å². The number of halogens is 2. The van der Waals surface area contributed by atoms with Crippen LogP contribution >= 0.6 is 0 Å². The fourth-order valence-electron chi connectivity index (χ4n) is 0.252. The van der Waals surface area contributed by atoms with Gasteiger partial charge < -0.3 is 10.2 Å². The molecule has 0 saturated heterocycles. The lowest BCUT2D eigenvalue weighted by Crippen LogP contribution is -1.81. The van der Waals surface area contributed by atoms with E-state index in [9.17, 15) is 8.78 Å². The zero-order valence-electron chi connectivity index (χ0n) is 6.21. The average Bonchev–Trinajstić information content (AvgIpc) is 1.56. The van der Waals surface area contributed by atoms with Crippen LogP contribution in [0.5, 0.6) is 0 Å². The van der Waals surface area contributed by atoms with Crippen LogP contribution < -0.4 is 0 Å². The Balaban J connectivity index is 0.